The molecule has 0 aliphatic heterocycles. The van der Waals surface area contributed by atoms with E-state index in [1.54, 1.807) is 0 Å². The maximum Gasteiger partial charge on any atom is 0.522 e. The zero-order valence-corrected chi connectivity index (χ0v) is 18.0. The normalized spacial score (nSPS) is 25.4. The summed E-state index contributed by atoms with van der Waals surface area (Å²) in [6.45, 7) is -0.245. The van der Waals surface area contributed by atoms with Gasteiger partial charge >= 0.3 is 12.5 Å². The first kappa shape index (κ1) is 26.2. The van der Waals surface area contributed by atoms with Crippen LogP contribution < -0.4 is 10.6 Å². The van der Waals surface area contributed by atoms with Crippen molar-refractivity contribution in [2.75, 3.05) is 6.61 Å². The topological polar surface area (TPSA) is 89.5 Å². The van der Waals surface area contributed by atoms with E-state index in [4.69, 9.17) is 4.74 Å². The molecule has 2 fully saturated rings. The molecule has 0 unspecified atom stereocenters. The van der Waals surface area contributed by atoms with Crippen LogP contribution in [0.15, 0.2) is 18.3 Å². The number of hydrogen-bond donors (Lipinski definition) is 2. The van der Waals surface area contributed by atoms with Crippen LogP contribution >= 0.6 is 0 Å². The fourth-order valence-corrected chi connectivity index (χ4v) is 3.92. The minimum atomic E-state index is -4.68. The number of carbonyl (C=O) groups is 2. The summed E-state index contributed by atoms with van der Waals surface area (Å²) in [5.74, 6) is -0.878. The number of halogens is 6. The van der Waals surface area contributed by atoms with Gasteiger partial charge < -0.3 is 15.4 Å². The molecule has 0 saturated heterocycles. The van der Waals surface area contributed by atoms with Crippen molar-refractivity contribution in [2.45, 2.75) is 75.9 Å². The number of aromatic nitrogens is 1. The van der Waals surface area contributed by atoms with Crippen LogP contribution in [-0.2, 0) is 31.8 Å². The Morgan fingerprint density at radius 2 is 1.68 bits per heavy atom. The number of hydrogen-bond acceptors (Lipinski definition) is 5. The van der Waals surface area contributed by atoms with Crippen LogP contribution in [0.3, 0.4) is 0 Å². The highest BCUT2D eigenvalue weighted by atomic mass is 19.4. The minimum Gasteiger partial charge on any atom is -0.368 e. The number of amides is 2. The van der Waals surface area contributed by atoms with E-state index in [-0.39, 0.29) is 49.8 Å². The lowest BCUT2D eigenvalue weighted by Gasteiger charge is -2.35. The Kier molecular flexibility index (Phi) is 8.39. The molecule has 3 rings (SSSR count). The van der Waals surface area contributed by atoms with Crippen LogP contribution in [0.4, 0.5) is 26.3 Å². The lowest BCUT2D eigenvalue weighted by Crippen LogP contribution is -2.44. The predicted octanol–water partition coefficient (Wildman–Crippen LogP) is 3.48. The van der Waals surface area contributed by atoms with Gasteiger partial charge in [-0.1, -0.05) is 0 Å². The lowest BCUT2D eigenvalue weighted by atomic mass is 9.85. The molecule has 2 amide bonds. The Morgan fingerprint density at radius 1 is 1.00 bits per heavy atom. The number of nitrogens with one attached hydrogen (secondary N) is 2. The van der Waals surface area contributed by atoms with Gasteiger partial charge in [0.2, 0.25) is 11.8 Å². The van der Waals surface area contributed by atoms with E-state index in [0.717, 1.165) is 12.3 Å². The van der Waals surface area contributed by atoms with Gasteiger partial charge in [0.05, 0.1) is 30.0 Å². The van der Waals surface area contributed by atoms with Gasteiger partial charge in [-0.3, -0.25) is 19.3 Å². The Morgan fingerprint density at radius 3 is 2.24 bits per heavy atom. The van der Waals surface area contributed by atoms with Crippen molar-refractivity contribution in [2.24, 2.45) is 5.92 Å². The van der Waals surface area contributed by atoms with Gasteiger partial charge in [-0.25, -0.2) is 0 Å². The minimum absolute atomic E-state index is 0.0149. The van der Waals surface area contributed by atoms with Gasteiger partial charge in [-0.05, 0) is 37.8 Å². The number of nitrogens with zero attached hydrogens (tertiary/aromatic N) is 1. The zero-order valence-electron chi connectivity index (χ0n) is 18.0. The molecule has 34 heavy (non-hydrogen) atoms. The molecule has 1 heterocycles. The van der Waals surface area contributed by atoms with E-state index in [2.05, 4.69) is 20.4 Å². The third-order valence-electron chi connectivity index (χ3n) is 5.86. The van der Waals surface area contributed by atoms with Crippen molar-refractivity contribution in [3.8, 4) is 0 Å². The molecule has 1 aromatic rings. The number of alkyl halides is 6. The van der Waals surface area contributed by atoms with Gasteiger partial charge in [-0.2, -0.15) is 13.2 Å². The molecule has 0 aromatic carbocycles. The Bertz CT molecular complexity index is 832. The first-order valence-corrected chi connectivity index (χ1v) is 10.8. The molecule has 2 saturated carbocycles. The van der Waals surface area contributed by atoms with E-state index in [1.807, 2.05) is 0 Å². The quantitative estimate of drug-likeness (QED) is 0.537. The maximum atomic E-state index is 12.6. The van der Waals surface area contributed by atoms with Gasteiger partial charge in [0.15, 0.2) is 0 Å². The average molecular weight is 497 g/mol. The second-order valence-corrected chi connectivity index (χ2v) is 8.46. The van der Waals surface area contributed by atoms with Crippen LogP contribution in [0.25, 0.3) is 0 Å². The molecule has 0 atom stereocenters. The maximum absolute atomic E-state index is 12.6. The fraction of sp³-hybridized carbons (Fsp3) is 0.667. The van der Waals surface area contributed by atoms with E-state index >= 15 is 0 Å². The zero-order chi connectivity index (χ0) is 24.9. The SMILES string of the molecule is O=C(CO[C@H]1C[C@@H](OC(F)(F)F)C1)N[C@H]1CC[C@H](C(=O)NCc2ccc(C(F)(F)F)cn2)CC1. The Balaban J connectivity index is 1.29. The highest BCUT2D eigenvalue weighted by Gasteiger charge is 2.40. The predicted molar refractivity (Wildman–Crippen MR) is 105 cm³/mol. The van der Waals surface area contributed by atoms with Crippen molar-refractivity contribution < 1.29 is 45.4 Å². The number of rotatable bonds is 8. The van der Waals surface area contributed by atoms with E-state index in [9.17, 15) is 35.9 Å². The molecular formula is C21H25F6N3O4. The Labute approximate surface area is 191 Å². The van der Waals surface area contributed by atoms with E-state index in [0.29, 0.717) is 31.4 Å². The van der Waals surface area contributed by atoms with Crippen molar-refractivity contribution in [1.29, 1.82) is 0 Å². The molecule has 2 aliphatic rings. The van der Waals surface area contributed by atoms with Gasteiger partial charge in [0.25, 0.3) is 0 Å². The van der Waals surface area contributed by atoms with Gasteiger partial charge in [-0.15, -0.1) is 13.2 Å². The first-order chi connectivity index (χ1) is 15.9. The molecular weight excluding hydrogens is 472 g/mol. The molecule has 0 spiro atoms. The largest absolute Gasteiger partial charge is 0.522 e. The van der Waals surface area contributed by atoms with Crippen LogP contribution in [0.1, 0.15) is 49.8 Å². The number of carbonyl (C=O) groups excluding carboxylic acids is 2. The summed E-state index contributed by atoms with van der Waals surface area (Å²) in [6, 6.07) is 1.98. The average Bonchev–Trinajstić information content (AvgIpc) is 2.73. The monoisotopic (exact) mass is 497 g/mol. The lowest BCUT2D eigenvalue weighted by molar-refractivity contribution is -0.357. The summed E-state index contributed by atoms with van der Waals surface area (Å²) in [5.41, 5.74) is -0.550. The van der Waals surface area contributed by atoms with E-state index < -0.39 is 30.3 Å². The van der Waals surface area contributed by atoms with E-state index in [1.165, 1.54) is 6.07 Å². The summed E-state index contributed by atoms with van der Waals surface area (Å²) in [6.07, 6.45) is -7.48. The third-order valence-corrected chi connectivity index (χ3v) is 5.86. The van der Waals surface area contributed by atoms with Crippen LogP contribution in [0.5, 0.6) is 0 Å². The number of ether oxygens (including phenoxy) is 2. The van der Waals surface area contributed by atoms with Gasteiger partial charge in [0, 0.05) is 31.0 Å². The second kappa shape index (κ2) is 10.9. The van der Waals surface area contributed by atoms with Crippen molar-refractivity contribution in [1.82, 2.24) is 15.6 Å². The summed E-state index contributed by atoms with van der Waals surface area (Å²) in [4.78, 5) is 28.1. The molecule has 2 aliphatic carbocycles. The summed E-state index contributed by atoms with van der Waals surface area (Å²) < 4.78 is 83.1. The molecule has 7 nitrogen and oxygen atoms in total. The Hall–Kier alpha value is -2.41. The summed E-state index contributed by atoms with van der Waals surface area (Å²) >= 11 is 0. The molecule has 0 radical (unpaired) electrons. The number of pyridine rings is 1. The second-order valence-electron chi connectivity index (χ2n) is 8.46. The molecule has 0 bridgehead atoms. The third kappa shape index (κ3) is 8.12. The van der Waals surface area contributed by atoms with Crippen LogP contribution in [0, 0.1) is 5.92 Å². The highest BCUT2D eigenvalue weighted by Crippen LogP contribution is 2.32. The standard InChI is InChI=1S/C21H25F6N3O4/c22-20(23,24)13-3-6-15(28-9-13)10-29-19(32)12-1-4-14(5-2-12)30-18(31)11-33-16-7-17(8-16)34-21(25,26)27/h3,6,9,12,14,16-17H,1-2,4-5,7-8,10-11H2,(H,29,32)(H,30,31)/t12-,14-,16-,17+. The van der Waals surface area contributed by atoms with Crippen LogP contribution in [0.2, 0.25) is 0 Å². The summed E-state index contributed by atoms with van der Waals surface area (Å²) in [7, 11) is 0. The van der Waals surface area contributed by atoms with Crippen molar-refractivity contribution >= 4 is 11.8 Å². The summed E-state index contributed by atoms with van der Waals surface area (Å²) in [5, 5.41) is 5.47. The highest BCUT2D eigenvalue weighted by molar-refractivity contribution is 5.79. The van der Waals surface area contributed by atoms with Gasteiger partial charge in [0.1, 0.15) is 6.61 Å². The first-order valence-electron chi connectivity index (χ1n) is 10.8. The van der Waals surface area contributed by atoms with Crippen molar-refractivity contribution in [3.63, 3.8) is 0 Å². The molecule has 190 valence electrons. The fourth-order valence-electron chi connectivity index (χ4n) is 3.92. The molecule has 1 aromatic heterocycles. The molecule has 13 heteroatoms. The molecule has 2 N–H and O–H groups in total. The van der Waals surface area contributed by atoms with Crippen molar-refractivity contribution in [3.05, 3.63) is 29.6 Å². The van der Waals surface area contributed by atoms with Crippen LogP contribution in [-0.4, -0.2) is 48.0 Å². The smallest absolute Gasteiger partial charge is 0.368 e.